The molecule has 0 aliphatic carbocycles. The Morgan fingerprint density at radius 3 is 2.54 bits per heavy atom. The van der Waals surface area contributed by atoms with Crippen molar-refractivity contribution in [2.75, 3.05) is 18.6 Å². The average molecular weight is 394 g/mol. The molecule has 24 heavy (non-hydrogen) atoms. The number of hydrogen-bond donors (Lipinski definition) is 0. The first-order valence-corrected chi connectivity index (χ1v) is 9.81. The predicted molar refractivity (Wildman–Crippen MR) is 91.2 cm³/mol. The Bertz CT molecular complexity index is 765. The van der Waals surface area contributed by atoms with E-state index in [9.17, 15) is 18.0 Å². The van der Waals surface area contributed by atoms with Crippen LogP contribution in [-0.2, 0) is 19.4 Å². The van der Waals surface area contributed by atoms with Crippen LogP contribution in [0.2, 0.25) is 10.0 Å². The van der Waals surface area contributed by atoms with Crippen molar-refractivity contribution in [3.63, 3.8) is 0 Å². The number of sulfone groups is 1. The summed E-state index contributed by atoms with van der Waals surface area (Å²) in [7, 11) is -1.60. The highest BCUT2D eigenvalue weighted by Crippen LogP contribution is 2.23. The highest BCUT2D eigenvalue weighted by Gasteiger charge is 2.35. The lowest BCUT2D eigenvalue weighted by Gasteiger charge is -2.26. The molecule has 1 aliphatic heterocycles. The molecule has 1 amide bonds. The van der Waals surface area contributed by atoms with Crippen LogP contribution < -0.4 is 0 Å². The molecule has 2 atom stereocenters. The Morgan fingerprint density at radius 2 is 2.00 bits per heavy atom. The Kier molecular flexibility index (Phi) is 5.78. The molecule has 0 radical (unpaired) electrons. The Labute approximate surface area is 150 Å². The molecule has 0 saturated carbocycles. The van der Waals surface area contributed by atoms with E-state index in [2.05, 4.69) is 0 Å². The Balaban J connectivity index is 2.02. The molecule has 0 bridgehead atoms. The summed E-state index contributed by atoms with van der Waals surface area (Å²) in [4.78, 5) is 25.8. The van der Waals surface area contributed by atoms with Gasteiger partial charge in [-0.25, -0.2) is 13.2 Å². The highest BCUT2D eigenvalue weighted by molar-refractivity contribution is 7.91. The lowest BCUT2D eigenvalue weighted by molar-refractivity contribution is -0.140. The van der Waals surface area contributed by atoms with Crippen LogP contribution in [0.5, 0.6) is 0 Å². The molecule has 1 aromatic carbocycles. The van der Waals surface area contributed by atoms with Crippen molar-refractivity contribution in [3.05, 3.63) is 33.8 Å². The SMILES string of the molecule is C[C@@H](OC(=O)c1ccc(Cl)cc1Cl)C(=O)N(C)[C@@H]1CCS(=O)(=O)C1. The third kappa shape index (κ3) is 4.40. The van der Waals surface area contributed by atoms with Gasteiger partial charge in [0.1, 0.15) is 0 Å². The van der Waals surface area contributed by atoms with Crippen molar-refractivity contribution in [1.82, 2.24) is 4.90 Å². The van der Waals surface area contributed by atoms with Gasteiger partial charge in [0.15, 0.2) is 15.9 Å². The van der Waals surface area contributed by atoms with Gasteiger partial charge in [-0.05, 0) is 31.5 Å². The first-order chi connectivity index (χ1) is 11.1. The van der Waals surface area contributed by atoms with Crippen LogP contribution in [-0.4, -0.2) is 55.9 Å². The van der Waals surface area contributed by atoms with E-state index in [0.29, 0.717) is 11.4 Å². The number of carbonyl (C=O) groups excluding carboxylic acids is 2. The van der Waals surface area contributed by atoms with Gasteiger partial charge in [0.25, 0.3) is 5.91 Å². The molecule has 1 heterocycles. The van der Waals surface area contributed by atoms with Crippen LogP contribution >= 0.6 is 23.2 Å². The number of ether oxygens (including phenoxy) is 1. The number of esters is 1. The van der Waals surface area contributed by atoms with E-state index in [1.807, 2.05) is 0 Å². The first kappa shape index (κ1) is 19.0. The van der Waals surface area contributed by atoms with E-state index in [4.69, 9.17) is 27.9 Å². The summed E-state index contributed by atoms with van der Waals surface area (Å²) in [5.41, 5.74) is 0.104. The Morgan fingerprint density at radius 1 is 1.33 bits per heavy atom. The van der Waals surface area contributed by atoms with Crippen LogP contribution in [0.25, 0.3) is 0 Å². The molecular weight excluding hydrogens is 377 g/mol. The molecule has 0 spiro atoms. The van der Waals surface area contributed by atoms with Crippen LogP contribution in [0.3, 0.4) is 0 Å². The quantitative estimate of drug-likeness (QED) is 0.732. The molecular formula is C15H17Cl2NO5S. The molecule has 0 aromatic heterocycles. The molecule has 0 unspecified atom stereocenters. The lowest BCUT2D eigenvalue weighted by atomic mass is 10.2. The van der Waals surface area contributed by atoms with E-state index < -0.39 is 33.9 Å². The zero-order chi connectivity index (χ0) is 18.1. The summed E-state index contributed by atoms with van der Waals surface area (Å²) in [5.74, 6) is -1.22. The molecule has 0 N–H and O–H groups in total. The summed E-state index contributed by atoms with van der Waals surface area (Å²) < 4.78 is 28.2. The molecule has 1 aromatic rings. The second-order valence-corrected chi connectivity index (χ2v) is 8.75. The smallest absolute Gasteiger partial charge is 0.340 e. The summed E-state index contributed by atoms with van der Waals surface area (Å²) in [6, 6.07) is 3.91. The molecule has 1 aliphatic rings. The fourth-order valence-corrected chi connectivity index (χ4v) is 4.74. The van der Waals surface area contributed by atoms with Crippen LogP contribution in [0.15, 0.2) is 18.2 Å². The topological polar surface area (TPSA) is 80.8 Å². The summed E-state index contributed by atoms with van der Waals surface area (Å²) in [6.45, 7) is 1.43. The summed E-state index contributed by atoms with van der Waals surface area (Å²) >= 11 is 11.7. The van der Waals surface area contributed by atoms with Gasteiger partial charge in [0.05, 0.1) is 22.1 Å². The molecule has 1 fully saturated rings. The summed E-state index contributed by atoms with van der Waals surface area (Å²) in [5, 5.41) is 0.505. The van der Waals surface area contributed by atoms with Gasteiger partial charge in [0, 0.05) is 18.1 Å². The van der Waals surface area contributed by atoms with Crippen molar-refractivity contribution < 1.29 is 22.7 Å². The third-order valence-electron chi connectivity index (χ3n) is 3.89. The molecule has 6 nitrogen and oxygen atoms in total. The number of halogens is 2. The molecule has 1 saturated heterocycles. The van der Waals surface area contributed by atoms with Crippen LogP contribution in [0, 0.1) is 0 Å². The number of carbonyl (C=O) groups is 2. The standard InChI is InChI=1S/C15H17Cl2NO5S/c1-9(14(19)18(2)11-5-6-24(21,22)8-11)23-15(20)12-4-3-10(16)7-13(12)17/h3-4,7,9,11H,5-6,8H2,1-2H3/t9-,11-/m1/s1. The minimum Gasteiger partial charge on any atom is -0.449 e. The van der Waals surface area contributed by atoms with Crippen LogP contribution in [0.4, 0.5) is 0 Å². The van der Waals surface area contributed by atoms with Gasteiger partial charge in [-0.2, -0.15) is 0 Å². The number of hydrogen-bond acceptors (Lipinski definition) is 5. The van der Waals surface area contributed by atoms with Crippen molar-refractivity contribution in [1.29, 1.82) is 0 Å². The fraction of sp³-hybridized carbons (Fsp3) is 0.467. The van der Waals surface area contributed by atoms with Crippen molar-refractivity contribution >= 4 is 44.9 Å². The second-order valence-electron chi connectivity index (χ2n) is 5.68. The Hall–Kier alpha value is -1.31. The maximum Gasteiger partial charge on any atom is 0.340 e. The van der Waals surface area contributed by atoms with Gasteiger partial charge < -0.3 is 9.64 Å². The van der Waals surface area contributed by atoms with Crippen molar-refractivity contribution in [2.45, 2.75) is 25.5 Å². The van der Waals surface area contributed by atoms with Gasteiger partial charge >= 0.3 is 5.97 Å². The monoisotopic (exact) mass is 393 g/mol. The molecule has 9 heteroatoms. The number of likely N-dealkylation sites (N-methyl/N-ethyl adjacent to an activating group) is 1. The highest BCUT2D eigenvalue weighted by atomic mass is 35.5. The maximum absolute atomic E-state index is 12.3. The van der Waals surface area contributed by atoms with E-state index in [1.54, 1.807) is 0 Å². The zero-order valence-electron chi connectivity index (χ0n) is 13.2. The number of benzene rings is 1. The zero-order valence-corrected chi connectivity index (χ0v) is 15.5. The largest absolute Gasteiger partial charge is 0.449 e. The number of amides is 1. The van der Waals surface area contributed by atoms with Gasteiger partial charge in [0.2, 0.25) is 0 Å². The normalized spacial score (nSPS) is 20.4. The first-order valence-electron chi connectivity index (χ1n) is 7.24. The fourth-order valence-electron chi connectivity index (χ4n) is 2.48. The van der Waals surface area contributed by atoms with Gasteiger partial charge in [-0.1, -0.05) is 23.2 Å². The molecule has 2 rings (SSSR count). The second kappa shape index (κ2) is 7.29. The third-order valence-corrected chi connectivity index (χ3v) is 6.18. The minimum absolute atomic E-state index is 0.0594. The number of nitrogens with zero attached hydrogens (tertiary/aromatic N) is 1. The minimum atomic E-state index is -3.11. The van der Waals surface area contributed by atoms with Crippen molar-refractivity contribution in [2.24, 2.45) is 0 Å². The van der Waals surface area contributed by atoms with Gasteiger partial charge in [-0.15, -0.1) is 0 Å². The van der Waals surface area contributed by atoms with E-state index in [1.165, 1.54) is 37.1 Å². The van der Waals surface area contributed by atoms with Crippen LogP contribution in [0.1, 0.15) is 23.7 Å². The van der Waals surface area contributed by atoms with E-state index in [-0.39, 0.29) is 22.1 Å². The number of rotatable bonds is 4. The lowest BCUT2D eigenvalue weighted by Crippen LogP contribution is -2.44. The van der Waals surface area contributed by atoms with E-state index >= 15 is 0 Å². The predicted octanol–water partition coefficient (Wildman–Crippen LogP) is 2.18. The average Bonchev–Trinajstić information content (AvgIpc) is 2.85. The van der Waals surface area contributed by atoms with Gasteiger partial charge in [-0.3, -0.25) is 4.79 Å². The van der Waals surface area contributed by atoms with E-state index in [0.717, 1.165) is 0 Å². The van der Waals surface area contributed by atoms with Crippen molar-refractivity contribution in [3.8, 4) is 0 Å². The summed E-state index contributed by atoms with van der Waals surface area (Å²) in [6.07, 6.45) is -0.675. The molecule has 132 valence electrons. The maximum atomic E-state index is 12.3.